The lowest BCUT2D eigenvalue weighted by Gasteiger charge is -2.41. The van der Waals surface area contributed by atoms with Crippen molar-refractivity contribution in [2.75, 3.05) is 6.61 Å². The molecule has 0 aliphatic heterocycles. The summed E-state index contributed by atoms with van der Waals surface area (Å²) < 4.78 is 12.1. The summed E-state index contributed by atoms with van der Waals surface area (Å²) in [6, 6.07) is 6.00. The summed E-state index contributed by atoms with van der Waals surface area (Å²) in [5, 5.41) is 10.7. The Balaban J connectivity index is 1.93. The number of carbonyl (C=O) groups excluding carboxylic acids is 1. The zero-order chi connectivity index (χ0) is 23.0. The Morgan fingerprint density at radius 3 is 2.58 bits per heavy atom. The van der Waals surface area contributed by atoms with Crippen molar-refractivity contribution in [3.8, 4) is 5.75 Å². The lowest BCUT2D eigenvalue weighted by Crippen LogP contribution is -2.44. The molecule has 3 rings (SSSR count). The predicted molar refractivity (Wildman–Crippen MR) is 125 cm³/mol. The van der Waals surface area contributed by atoms with Gasteiger partial charge in [0.05, 0.1) is 5.41 Å². The van der Waals surface area contributed by atoms with E-state index in [1.807, 2.05) is 39.8 Å². The van der Waals surface area contributed by atoms with Crippen LogP contribution in [0.4, 0.5) is 0 Å². The number of aromatic hydroxyl groups is 1. The highest BCUT2D eigenvalue weighted by Crippen LogP contribution is 2.61. The largest absolute Gasteiger partial charge is 0.507 e. The highest BCUT2D eigenvalue weighted by atomic mass is 16.7. The number of fused-ring (bicyclic) bond motifs is 2. The Bertz CT molecular complexity index is 840. The summed E-state index contributed by atoms with van der Waals surface area (Å²) in [5.74, 6) is 1.16. The third-order valence-electron chi connectivity index (χ3n) is 7.85. The molecular formula is C27H40O4. The molecule has 2 aliphatic rings. The third kappa shape index (κ3) is 4.41. The quantitative estimate of drug-likeness (QED) is 0.352. The predicted octanol–water partition coefficient (Wildman–Crippen LogP) is 6.68. The number of ether oxygens (including phenoxy) is 2. The molecule has 31 heavy (non-hydrogen) atoms. The minimum atomic E-state index is -0.589. The number of phenols is 1. The maximum atomic E-state index is 12.9. The van der Waals surface area contributed by atoms with E-state index in [1.165, 1.54) is 11.1 Å². The zero-order valence-electron chi connectivity index (χ0n) is 20.3. The molecule has 2 bridgehead atoms. The van der Waals surface area contributed by atoms with Gasteiger partial charge in [0.2, 0.25) is 6.29 Å². The zero-order valence-corrected chi connectivity index (χ0v) is 20.3. The summed E-state index contributed by atoms with van der Waals surface area (Å²) in [7, 11) is 0. The van der Waals surface area contributed by atoms with Gasteiger partial charge in [-0.1, -0.05) is 39.8 Å². The van der Waals surface area contributed by atoms with Crippen molar-refractivity contribution in [1.29, 1.82) is 0 Å². The van der Waals surface area contributed by atoms with Crippen molar-refractivity contribution in [2.45, 2.75) is 86.4 Å². The lowest BCUT2D eigenvalue weighted by molar-refractivity contribution is -0.219. The van der Waals surface area contributed by atoms with Crippen LogP contribution in [0.25, 0.3) is 5.57 Å². The van der Waals surface area contributed by atoms with Gasteiger partial charge in [0.15, 0.2) is 0 Å². The van der Waals surface area contributed by atoms with Crippen LogP contribution in [0.15, 0.2) is 24.3 Å². The molecule has 5 atom stereocenters. The van der Waals surface area contributed by atoms with E-state index in [2.05, 4.69) is 32.9 Å². The number of esters is 1. The number of hydrogen-bond donors (Lipinski definition) is 1. The average Bonchev–Trinajstić information content (AvgIpc) is 3.31. The van der Waals surface area contributed by atoms with E-state index in [4.69, 9.17) is 9.47 Å². The van der Waals surface area contributed by atoms with Crippen molar-refractivity contribution in [3.05, 3.63) is 35.4 Å². The van der Waals surface area contributed by atoms with E-state index in [9.17, 15) is 9.90 Å². The van der Waals surface area contributed by atoms with Crippen LogP contribution in [0, 0.1) is 22.7 Å². The van der Waals surface area contributed by atoms with Gasteiger partial charge in [0.25, 0.3) is 0 Å². The molecule has 0 radical (unpaired) electrons. The van der Waals surface area contributed by atoms with Gasteiger partial charge in [-0.25, -0.2) is 0 Å². The van der Waals surface area contributed by atoms with Gasteiger partial charge in [-0.15, -0.1) is 0 Å². The summed E-state index contributed by atoms with van der Waals surface area (Å²) in [4.78, 5) is 12.9. The second-order valence-electron chi connectivity index (χ2n) is 10.4. The molecule has 0 spiro atoms. The van der Waals surface area contributed by atoms with Gasteiger partial charge >= 0.3 is 5.97 Å². The normalized spacial score (nSPS) is 27.1. The molecule has 1 saturated carbocycles. The van der Waals surface area contributed by atoms with Crippen LogP contribution >= 0.6 is 0 Å². The van der Waals surface area contributed by atoms with Crippen LogP contribution in [0.1, 0.15) is 91.2 Å². The van der Waals surface area contributed by atoms with Crippen LogP contribution in [-0.2, 0) is 14.3 Å². The maximum Gasteiger partial charge on any atom is 0.313 e. The molecule has 2 aliphatic carbocycles. The SMILES string of the molecule is CCOC(OC(=O)C(C)(C)CC)C1(C)CC2C=C(c3cc(C(C)CC)ccc3O)C1C2. The first kappa shape index (κ1) is 23.8. The summed E-state index contributed by atoms with van der Waals surface area (Å²) in [6.45, 7) is 14.9. The Kier molecular flexibility index (Phi) is 6.90. The second kappa shape index (κ2) is 8.97. The van der Waals surface area contributed by atoms with E-state index < -0.39 is 11.7 Å². The number of hydrogen-bond acceptors (Lipinski definition) is 4. The van der Waals surface area contributed by atoms with Gasteiger partial charge in [0, 0.05) is 17.6 Å². The Hall–Kier alpha value is -1.81. The maximum absolute atomic E-state index is 12.9. The Morgan fingerprint density at radius 1 is 1.29 bits per heavy atom. The van der Waals surface area contributed by atoms with Crippen LogP contribution in [0.2, 0.25) is 0 Å². The van der Waals surface area contributed by atoms with Crippen LogP contribution in [0.3, 0.4) is 0 Å². The van der Waals surface area contributed by atoms with Crippen LogP contribution < -0.4 is 0 Å². The molecule has 0 aromatic heterocycles. The highest BCUT2D eigenvalue weighted by Gasteiger charge is 2.56. The van der Waals surface area contributed by atoms with Crippen molar-refractivity contribution < 1.29 is 19.4 Å². The molecule has 0 saturated heterocycles. The minimum Gasteiger partial charge on any atom is -0.507 e. The van der Waals surface area contributed by atoms with Crippen LogP contribution in [0.5, 0.6) is 5.75 Å². The number of allylic oxidation sites excluding steroid dienone is 2. The fourth-order valence-electron chi connectivity index (χ4n) is 5.12. The van der Waals surface area contributed by atoms with E-state index in [0.29, 0.717) is 24.2 Å². The molecule has 5 unspecified atom stereocenters. The van der Waals surface area contributed by atoms with E-state index in [1.54, 1.807) is 0 Å². The first-order valence-electron chi connectivity index (χ1n) is 11.9. The molecule has 1 N–H and O–H groups in total. The monoisotopic (exact) mass is 428 g/mol. The fraction of sp³-hybridized carbons (Fsp3) is 0.667. The van der Waals surface area contributed by atoms with Gasteiger partial charge in [0.1, 0.15) is 5.75 Å². The summed E-state index contributed by atoms with van der Waals surface area (Å²) in [6.07, 6.45) is 5.45. The average molecular weight is 429 g/mol. The molecule has 172 valence electrons. The number of benzene rings is 1. The molecule has 0 amide bonds. The van der Waals surface area contributed by atoms with Gasteiger partial charge in [-0.2, -0.15) is 0 Å². The van der Waals surface area contributed by atoms with Crippen molar-refractivity contribution in [2.24, 2.45) is 22.7 Å². The molecule has 4 nitrogen and oxygen atoms in total. The van der Waals surface area contributed by atoms with Gasteiger partial charge in [-0.3, -0.25) is 4.79 Å². The molecule has 1 aromatic rings. The first-order chi connectivity index (χ1) is 14.6. The smallest absolute Gasteiger partial charge is 0.313 e. The Labute approximate surface area is 188 Å². The number of phenolic OH excluding ortho intramolecular Hbond substituents is 1. The topological polar surface area (TPSA) is 55.8 Å². The standard InChI is InChI=1S/C27H40O4/c1-8-17(4)19-11-12-23(28)21(15-19)20-13-18-14-22(20)27(7,16-18)25(30-10-3)31-24(29)26(5,6)9-2/h11-13,15,17-18,22,25,28H,8-10,14,16H2,1-7H3. The van der Waals surface area contributed by atoms with Crippen molar-refractivity contribution in [1.82, 2.24) is 0 Å². The number of carbonyl (C=O) groups is 1. The molecular weight excluding hydrogens is 388 g/mol. The molecule has 0 heterocycles. The number of rotatable bonds is 9. The van der Waals surface area contributed by atoms with E-state index >= 15 is 0 Å². The van der Waals surface area contributed by atoms with Gasteiger partial charge < -0.3 is 14.6 Å². The fourth-order valence-corrected chi connectivity index (χ4v) is 5.12. The second-order valence-corrected chi connectivity index (χ2v) is 10.4. The molecule has 1 fully saturated rings. The highest BCUT2D eigenvalue weighted by molar-refractivity contribution is 5.77. The van der Waals surface area contributed by atoms with E-state index in [-0.39, 0.29) is 17.3 Å². The third-order valence-corrected chi connectivity index (χ3v) is 7.85. The lowest BCUT2D eigenvalue weighted by atomic mass is 9.71. The van der Waals surface area contributed by atoms with E-state index in [0.717, 1.165) is 31.2 Å². The summed E-state index contributed by atoms with van der Waals surface area (Å²) in [5.41, 5.74) is 2.50. The van der Waals surface area contributed by atoms with Crippen molar-refractivity contribution >= 4 is 11.5 Å². The minimum absolute atomic E-state index is 0.185. The molecule has 1 aromatic carbocycles. The summed E-state index contributed by atoms with van der Waals surface area (Å²) >= 11 is 0. The van der Waals surface area contributed by atoms with Gasteiger partial charge in [-0.05, 0) is 87.5 Å². The van der Waals surface area contributed by atoms with Crippen molar-refractivity contribution in [3.63, 3.8) is 0 Å². The van der Waals surface area contributed by atoms with Crippen LogP contribution in [-0.4, -0.2) is 24.0 Å². The Morgan fingerprint density at radius 2 is 2.00 bits per heavy atom. The molecule has 4 heteroatoms. The first-order valence-corrected chi connectivity index (χ1v) is 11.9.